The van der Waals surface area contributed by atoms with Gasteiger partial charge in [0, 0.05) is 0 Å². The van der Waals surface area contributed by atoms with Crippen LogP contribution in [-0.2, 0) is 6.16 Å². The molecule has 5 atom stereocenters. The van der Waals surface area contributed by atoms with Crippen LogP contribution in [0.25, 0.3) is 22.3 Å². The van der Waals surface area contributed by atoms with Crippen LogP contribution < -0.4 is 0 Å². The van der Waals surface area contributed by atoms with Crippen molar-refractivity contribution in [3.05, 3.63) is 83.4 Å². The van der Waals surface area contributed by atoms with Crippen molar-refractivity contribution >= 4 is 27.7 Å². The molecular weight excluding hydrogens is 453 g/mol. The molecule has 0 spiro atoms. The molecule has 0 fully saturated rings. The molecule has 180 valence electrons. The number of rotatable bonds is 5. The van der Waals surface area contributed by atoms with Crippen molar-refractivity contribution in [1.29, 1.82) is 0 Å². The summed E-state index contributed by atoms with van der Waals surface area (Å²) >= 11 is 0. The fourth-order valence-corrected chi connectivity index (χ4v) is 5.38. The van der Waals surface area contributed by atoms with Gasteiger partial charge in [0.05, 0.1) is 0 Å². The Labute approximate surface area is 211 Å². The van der Waals surface area contributed by atoms with Gasteiger partial charge in [-0.3, -0.25) is 0 Å². The number of fused-ring (bicyclic) bond motifs is 1. The second kappa shape index (κ2) is 16.6. The van der Waals surface area contributed by atoms with Gasteiger partial charge in [-0.2, -0.15) is 0 Å². The molecule has 0 aliphatic heterocycles. The predicted octanol–water partition coefficient (Wildman–Crippen LogP) is 9.80. The quantitative estimate of drug-likeness (QED) is 0.307. The van der Waals surface area contributed by atoms with Gasteiger partial charge in [-0.15, -0.1) is 27.7 Å². The molecule has 3 heteroatoms. The highest BCUT2D eigenvalue weighted by Gasteiger charge is 2.28. The molecule has 0 nitrogen and oxygen atoms in total. The standard InChI is InChI=1S/C24H27P3.3C2H6/c25-13-16-1-3-17(4-2-16)18-5-7-19(8-6-18)20-9-10-23-21(14-26)11-22(15-27)24(23)12-20;3*1-2/h1-10,12,21-22H,11,13-15,25-27H2;3*1-2H3. The van der Waals surface area contributed by atoms with Gasteiger partial charge in [0.1, 0.15) is 0 Å². The van der Waals surface area contributed by atoms with Gasteiger partial charge in [-0.1, -0.05) is 108 Å². The van der Waals surface area contributed by atoms with Crippen LogP contribution in [0.4, 0.5) is 0 Å². The Balaban J connectivity index is 0.000000841. The monoisotopic (exact) mass is 498 g/mol. The topological polar surface area (TPSA) is 0 Å². The Morgan fingerprint density at radius 2 is 0.939 bits per heavy atom. The molecule has 33 heavy (non-hydrogen) atoms. The molecule has 1 aliphatic carbocycles. The van der Waals surface area contributed by atoms with Crippen LogP contribution in [-0.4, -0.2) is 12.3 Å². The van der Waals surface area contributed by atoms with E-state index in [-0.39, 0.29) is 0 Å². The van der Waals surface area contributed by atoms with E-state index >= 15 is 0 Å². The molecule has 1 aliphatic rings. The molecular formula is C30H45P3. The van der Waals surface area contributed by atoms with Crippen molar-refractivity contribution in [2.45, 2.75) is 66.0 Å². The predicted molar refractivity (Wildman–Crippen MR) is 164 cm³/mol. The first-order valence-corrected chi connectivity index (χ1v) is 15.1. The van der Waals surface area contributed by atoms with Crippen LogP contribution in [0, 0.1) is 0 Å². The molecule has 5 unspecified atom stereocenters. The number of hydrogen-bond acceptors (Lipinski definition) is 0. The lowest BCUT2D eigenvalue weighted by Gasteiger charge is -2.11. The van der Waals surface area contributed by atoms with Crippen LogP contribution in [0.2, 0.25) is 0 Å². The summed E-state index contributed by atoms with van der Waals surface area (Å²) in [5.74, 6) is 1.39. The molecule has 0 aromatic heterocycles. The summed E-state index contributed by atoms with van der Waals surface area (Å²) in [4.78, 5) is 0. The van der Waals surface area contributed by atoms with E-state index in [9.17, 15) is 0 Å². The molecule has 0 N–H and O–H groups in total. The fourth-order valence-electron chi connectivity index (χ4n) is 4.21. The summed E-state index contributed by atoms with van der Waals surface area (Å²) in [6.45, 7) is 12.0. The molecule has 4 rings (SSSR count). The summed E-state index contributed by atoms with van der Waals surface area (Å²) in [5.41, 5.74) is 9.68. The molecule has 3 aromatic carbocycles. The second-order valence-electron chi connectivity index (χ2n) is 7.42. The van der Waals surface area contributed by atoms with Crippen LogP contribution in [0.15, 0.2) is 66.7 Å². The molecule has 0 saturated carbocycles. The second-order valence-corrected chi connectivity index (χ2v) is 8.77. The minimum atomic E-state index is 0.685. The summed E-state index contributed by atoms with van der Waals surface area (Å²) in [6, 6.07) is 25.0. The average molecular weight is 499 g/mol. The minimum absolute atomic E-state index is 0.685. The Hall–Kier alpha value is -1.05. The third-order valence-electron chi connectivity index (χ3n) is 5.85. The smallest absolute Gasteiger partial charge is 0.0118 e. The highest BCUT2D eigenvalue weighted by atomic mass is 31.0. The zero-order valence-corrected chi connectivity index (χ0v) is 25.0. The summed E-state index contributed by atoms with van der Waals surface area (Å²) in [5, 5.41) is 0. The van der Waals surface area contributed by atoms with Crippen molar-refractivity contribution in [3.63, 3.8) is 0 Å². The number of hydrogen-bond donors (Lipinski definition) is 0. The largest absolute Gasteiger partial charge is 0.137 e. The normalized spacial score (nSPS) is 15.7. The Morgan fingerprint density at radius 1 is 0.545 bits per heavy atom. The van der Waals surface area contributed by atoms with E-state index in [1.54, 1.807) is 11.1 Å². The van der Waals surface area contributed by atoms with Crippen molar-refractivity contribution in [1.82, 2.24) is 0 Å². The lowest BCUT2D eigenvalue weighted by Crippen LogP contribution is -1.95. The first-order valence-electron chi connectivity index (χ1n) is 12.7. The van der Waals surface area contributed by atoms with Crippen LogP contribution in [0.5, 0.6) is 0 Å². The molecule has 0 radical (unpaired) electrons. The summed E-state index contributed by atoms with van der Waals surface area (Å²) < 4.78 is 0. The van der Waals surface area contributed by atoms with Gasteiger partial charge < -0.3 is 0 Å². The molecule has 0 saturated heterocycles. The lowest BCUT2D eigenvalue weighted by atomic mass is 9.95. The molecule has 3 aromatic rings. The average Bonchev–Trinajstić information content (AvgIpc) is 3.29. The maximum atomic E-state index is 2.94. The summed E-state index contributed by atoms with van der Waals surface area (Å²) in [7, 11) is 8.66. The third kappa shape index (κ3) is 7.72. The lowest BCUT2D eigenvalue weighted by molar-refractivity contribution is 0.674. The van der Waals surface area contributed by atoms with E-state index in [2.05, 4.69) is 94.4 Å². The Bertz CT molecular complexity index is 914. The van der Waals surface area contributed by atoms with E-state index < -0.39 is 0 Å². The maximum Gasteiger partial charge on any atom is -0.0118 e. The molecule has 0 amide bonds. The third-order valence-corrected chi connectivity index (χ3v) is 7.46. The maximum absolute atomic E-state index is 2.94. The highest BCUT2D eigenvalue weighted by Crippen LogP contribution is 2.44. The zero-order valence-electron chi connectivity index (χ0n) is 21.6. The zero-order chi connectivity index (χ0) is 24.8. The number of benzene rings is 3. The van der Waals surface area contributed by atoms with Gasteiger partial charge in [-0.05, 0) is 75.7 Å². The van der Waals surface area contributed by atoms with Crippen molar-refractivity contribution in [2.24, 2.45) is 0 Å². The van der Waals surface area contributed by atoms with E-state index in [4.69, 9.17) is 0 Å². The van der Waals surface area contributed by atoms with Gasteiger partial charge in [0.15, 0.2) is 0 Å². The summed E-state index contributed by atoms with van der Waals surface area (Å²) in [6.07, 6.45) is 4.61. The van der Waals surface area contributed by atoms with Gasteiger partial charge >= 0.3 is 0 Å². The first-order chi connectivity index (χ1) is 16.2. The Kier molecular flexibility index (Phi) is 15.0. The molecule has 0 bridgehead atoms. The van der Waals surface area contributed by atoms with Gasteiger partial charge in [0.2, 0.25) is 0 Å². The van der Waals surface area contributed by atoms with Crippen LogP contribution >= 0.6 is 27.7 Å². The van der Waals surface area contributed by atoms with Gasteiger partial charge in [-0.25, -0.2) is 0 Å². The molecule has 0 heterocycles. The highest BCUT2D eigenvalue weighted by molar-refractivity contribution is 7.16. The van der Waals surface area contributed by atoms with Crippen molar-refractivity contribution in [2.75, 3.05) is 12.3 Å². The van der Waals surface area contributed by atoms with Crippen LogP contribution in [0.1, 0.15) is 76.5 Å². The van der Waals surface area contributed by atoms with E-state index in [1.807, 2.05) is 41.5 Å². The van der Waals surface area contributed by atoms with E-state index in [0.717, 1.165) is 18.5 Å². The first kappa shape index (κ1) is 30.0. The van der Waals surface area contributed by atoms with E-state index in [0.29, 0.717) is 11.8 Å². The van der Waals surface area contributed by atoms with Crippen LogP contribution in [0.3, 0.4) is 0 Å². The van der Waals surface area contributed by atoms with Crippen molar-refractivity contribution < 1.29 is 0 Å². The SMILES string of the molecule is CC.CC.CC.PCc1ccc(-c2ccc(-c3ccc4c(c3)C(CP)CC4CP)cc2)cc1. The Morgan fingerprint density at radius 3 is 1.39 bits per heavy atom. The van der Waals surface area contributed by atoms with Crippen molar-refractivity contribution in [3.8, 4) is 22.3 Å². The minimum Gasteiger partial charge on any atom is -0.137 e. The van der Waals surface area contributed by atoms with E-state index in [1.165, 1.54) is 34.2 Å². The van der Waals surface area contributed by atoms with Gasteiger partial charge in [0.25, 0.3) is 0 Å². The fraction of sp³-hybridized carbons (Fsp3) is 0.400.